The van der Waals surface area contributed by atoms with Gasteiger partial charge in [0.2, 0.25) is 17.7 Å². The van der Waals surface area contributed by atoms with E-state index < -0.39 is 59.1 Å². The van der Waals surface area contributed by atoms with Crippen LogP contribution in [-0.2, 0) is 28.7 Å². The topological polar surface area (TPSA) is 125 Å². The number of carbonyl (C=O) groups excluding carboxylic acids is 4. The lowest BCUT2D eigenvalue weighted by Gasteiger charge is -2.42. The molecule has 0 aromatic heterocycles. The summed E-state index contributed by atoms with van der Waals surface area (Å²) in [5.74, 6) is -3.52. The molecule has 4 aliphatic rings. The highest BCUT2D eigenvalue weighted by Gasteiger charge is 2.75. The molecule has 2 N–H and O–H groups in total. The number of nitrogens with one attached hydrogen (secondary N) is 1. The lowest BCUT2D eigenvalue weighted by atomic mass is 9.74. The van der Waals surface area contributed by atoms with Crippen molar-refractivity contribution < 1.29 is 33.8 Å². The SMILES string of the molecule is C[C@@H]1CNC(=O)CC/C=C\CN(C(C)(C)C)C(=O)[C@@H]2N([C@H](C)CO)C(=O)[C@H]3[C@H](C(=O)O1)[C@H]1O[C@@]23C=C1Br. The highest BCUT2D eigenvalue weighted by Crippen LogP contribution is 2.59. The Balaban J connectivity index is 1.84. The Hall–Kier alpha value is -2.24. The molecule has 0 unspecified atom stereocenters. The van der Waals surface area contributed by atoms with Gasteiger partial charge in [-0.1, -0.05) is 28.1 Å². The summed E-state index contributed by atoms with van der Waals surface area (Å²) in [5, 5.41) is 12.8. The summed E-state index contributed by atoms with van der Waals surface area (Å²) in [5.41, 5.74) is -2.00. The van der Waals surface area contributed by atoms with Gasteiger partial charge in [0, 0.05) is 23.0 Å². The van der Waals surface area contributed by atoms with Crippen LogP contribution in [0, 0.1) is 11.8 Å². The number of likely N-dealkylation sites (tertiary alicyclic amines) is 1. The molecule has 1 spiro atoms. The molecule has 204 valence electrons. The lowest BCUT2D eigenvalue weighted by Crippen LogP contribution is -2.61. The number of hydrogen-bond donors (Lipinski definition) is 2. The molecule has 4 rings (SSSR count). The predicted octanol–water partition coefficient (Wildman–Crippen LogP) is 1.27. The van der Waals surface area contributed by atoms with E-state index in [1.165, 1.54) is 4.90 Å². The van der Waals surface area contributed by atoms with E-state index in [0.29, 0.717) is 10.9 Å². The molecule has 0 aromatic carbocycles. The molecule has 37 heavy (non-hydrogen) atoms. The number of halogens is 1. The summed E-state index contributed by atoms with van der Waals surface area (Å²) < 4.78 is 12.6. The van der Waals surface area contributed by atoms with Crippen molar-refractivity contribution in [1.29, 1.82) is 0 Å². The van der Waals surface area contributed by atoms with E-state index in [0.717, 1.165) is 0 Å². The molecule has 11 heteroatoms. The zero-order chi connectivity index (χ0) is 27.3. The van der Waals surface area contributed by atoms with E-state index in [1.54, 1.807) is 24.8 Å². The number of esters is 1. The molecule has 5 bridgehead atoms. The van der Waals surface area contributed by atoms with Gasteiger partial charge >= 0.3 is 5.97 Å². The van der Waals surface area contributed by atoms with E-state index >= 15 is 0 Å². The van der Waals surface area contributed by atoms with Gasteiger partial charge in [-0.25, -0.2) is 0 Å². The van der Waals surface area contributed by atoms with E-state index in [-0.39, 0.29) is 37.9 Å². The molecule has 0 aromatic rings. The summed E-state index contributed by atoms with van der Waals surface area (Å²) in [4.78, 5) is 57.0. The summed E-state index contributed by atoms with van der Waals surface area (Å²) in [6.45, 7) is 9.10. The van der Waals surface area contributed by atoms with Crippen molar-refractivity contribution in [3.8, 4) is 0 Å². The van der Waals surface area contributed by atoms with Crippen molar-refractivity contribution in [2.75, 3.05) is 19.7 Å². The monoisotopic (exact) mass is 581 g/mol. The van der Waals surface area contributed by atoms with E-state index in [9.17, 15) is 24.3 Å². The van der Waals surface area contributed by atoms with Crippen molar-refractivity contribution >= 4 is 39.6 Å². The van der Waals surface area contributed by atoms with E-state index in [1.807, 2.05) is 32.9 Å². The number of carbonyl (C=O) groups is 4. The quantitative estimate of drug-likeness (QED) is 0.371. The Bertz CT molecular complexity index is 1040. The first-order chi connectivity index (χ1) is 17.3. The number of rotatable bonds is 2. The lowest BCUT2D eigenvalue weighted by molar-refractivity contribution is -0.159. The van der Waals surface area contributed by atoms with Gasteiger partial charge in [-0.15, -0.1) is 0 Å². The average molecular weight is 582 g/mol. The van der Waals surface area contributed by atoms with Crippen molar-refractivity contribution in [2.45, 2.75) is 82.9 Å². The largest absolute Gasteiger partial charge is 0.460 e. The zero-order valence-electron chi connectivity index (χ0n) is 21.9. The Morgan fingerprint density at radius 1 is 1.22 bits per heavy atom. The fourth-order valence-electron chi connectivity index (χ4n) is 5.79. The molecule has 4 heterocycles. The first kappa shape index (κ1) is 27.8. The van der Waals surface area contributed by atoms with Gasteiger partial charge in [0.15, 0.2) is 0 Å². The van der Waals surface area contributed by atoms with Crippen LogP contribution in [0.3, 0.4) is 0 Å². The van der Waals surface area contributed by atoms with Gasteiger partial charge in [-0.05, 0) is 47.1 Å². The summed E-state index contributed by atoms with van der Waals surface area (Å²) in [6.07, 6.45) is 4.79. The van der Waals surface area contributed by atoms with Gasteiger partial charge in [-0.3, -0.25) is 19.2 Å². The molecule has 2 fully saturated rings. The third kappa shape index (κ3) is 4.74. The van der Waals surface area contributed by atoms with Crippen molar-refractivity contribution in [3.63, 3.8) is 0 Å². The van der Waals surface area contributed by atoms with Crippen molar-refractivity contribution in [3.05, 3.63) is 22.7 Å². The summed E-state index contributed by atoms with van der Waals surface area (Å²) >= 11 is 3.50. The molecule has 4 aliphatic heterocycles. The maximum atomic E-state index is 14.3. The molecule has 7 atom stereocenters. The van der Waals surface area contributed by atoms with Crippen LogP contribution in [-0.4, -0.2) is 93.7 Å². The van der Waals surface area contributed by atoms with Gasteiger partial charge in [0.25, 0.3) is 0 Å². The molecular formula is C26H36BrN3O7. The number of ether oxygens (including phenoxy) is 2. The normalized spacial score (nSPS) is 36.7. The zero-order valence-corrected chi connectivity index (χ0v) is 23.5. The summed E-state index contributed by atoms with van der Waals surface area (Å²) in [7, 11) is 0. The summed E-state index contributed by atoms with van der Waals surface area (Å²) in [6, 6.07) is -1.75. The minimum absolute atomic E-state index is 0.139. The number of cyclic esters (lactones) is 1. The first-order valence-corrected chi connectivity index (χ1v) is 13.6. The Kier molecular flexibility index (Phi) is 7.62. The molecule has 0 radical (unpaired) electrons. The van der Waals surface area contributed by atoms with Crippen LogP contribution >= 0.6 is 15.9 Å². The van der Waals surface area contributed by atoms with E-state index in [4.69, 9.17) is 9.47 Å². The maximum absolute atomic E-state index is 14.3. The molecule has 0 aliphatic carbocycles. The second-order valence-electron chi connectivity index (χ2n) is 11.3. The fraction of sp³-hybridized carbons (Fsp3) is 0.692. The highest BCUT2D eigenvalue weighted by atomic mass is 79.9. The molecule has 3 amide bonds. The molecule has 0 saturated carbocycles. The van der Waals surface area contributed by atoms with Crippen LogP contribution in [0.15, 0.2) is 22.7 Å². The number of allylic oxidation sites excluding steroid dienone is 1. The Labute approximate surface area is 225 Å². The number of hydrogen-bond acceptors (Lipinski definition) is 7. The Morgan fingerprint density at radius 2 is 1.92 bits per heavy atom. The number of aliphatic hydroxyl groups is 1. The molecule has 10 nitrogen and oxygen atoms in total. The van der Waals surface area contributed by atoms with Crippen LogP contribution in [0.1, 0.15) is 47.5 Å². The van der Waals surface area contributed by atoms with Crippen LogP contribution in [0.4, 0.5) is 0 Å². The van der Waals surface area contributed by atoms with Gasteiger partial charge in [0.05, 0.1) is 25.1 Å². The van der Waals surface area contributed by atoms with Crippen LogP contribution in [0.2, 0.25) is 0 Å². The highest BCUT2D eigenvalue weighted by molar-refractivity contribution is 9.11. The first-order valence-electron chi connectivity index (χ1n) is 12.8. The van der Waals surface area contributed by atoms with Crippen molar-refractivity contribution in [2.24, 2.45) is 11.8 Å². The smallest absolute Gasteiger partial charge is 0.313 e. The van der Waals surface area contributed by atoms with Crippen LogP contribution < -0.4 is 5.32 Å². The third-order valence-corrected chi connectivity index (χ3v) is 8.26. The predicted molar refractivity (Wildman–Crippen MR) is 137 cm³/mol. The minimum atomic E-state index is -1.39. The number of aliphatic hydroxyl groups excluding tert-OH is 1. The van der Waals surface area contributed by atoms with Crippen LogP contribution in [0.5, 0.6) is 0 Å². The second-order valence-corrected chi connectivity index (χ2v) is 12.2. The number of fused-ring (bicyclic) bond motifs is 2. The van der Waals surface area contributed by atoms with Gasteiger partial charge in [-0.2, -0.15) is 0 Å². The minimum Gasteiger partial charge on any atom is -0.460 e. The maximum Gasteiger partial charge on any atom is 0.313 e. The molecule has 2 saturated heterocycles. The second kappa shape index (κ2) is 10.1. The van der Waals surface area contributed by atoms with Gasteiger partial charge < -0.3 is 29.7 Å². The number of amides is 3. The fourth-order valence-corrected chi connectivity index (χ4v) is 6.52. The molecular weight excluding hydrogens is 546 g/mol. The standard InChI is InChI=1S/C26H36BrN3O7/c1-14(13-31)30-21-23(34)29(25(3,4)5)10-8-6-7-9-17(32)28-12-15(2)36-24(35)18-19(22(30)33)26(21)11-16(27)20(18)37-26/h6,8,11,14-15,18-21,31H,7,9-10,12-13H2,1-5H3,(H,28,32)/b8-6-/t14-,15-,18+,19-,20+,21+,26-/m1/s1. The number of nitrogens with zero attached hydrogens (tertiary/aromatic N) is 2. The Morgan fingerprint density at radius 3 is 2.57 bits per heavy atom. The average Bonchev–Trinajstić information content (AvgIpc) is 3.41. The van der Waals surface area contributed by atoms with Gasteiger partial charge in [0.1, 0.15) is 29.8 Å². The van der Waals surface area contributed by atoms with Crippen LogP contribution in [0.25, 0.3) is 0 Å². The third-order valence-electron chi connectivity index (χ3n) is 7.58. The van der Waals surface area contributed by atoms with E-state index in [2.05, 4.69) is 21.2 Å². The van der Waals surface area contributed by atoms with Crippen molar-refractivity contribution in [1.82, 2.24) is 15.1 Å².